The van der Waals surface area contributed by atoms with Crippen LogP contribution < -0.4 is 15.6 Å². The molecule has 0 fully saturated rings. The van der Waals surface area contributed by atoms with E-state index in [0.717, 1.165) is 17.8 Å². The lowest BCUT2D eigenvalue weighted by atomic mass is 10.2. The molecule has 0 bridgehead atoms. The number of benzene rings is 1. The van der Waals surface area contributed by atoms with Gasteiger partial charge in [-0.25, -0.2) is 9.78 Å². The molecule has 0 radical (unpaired) electrons. The maximum atomic E-state index is 13.0. The molecule has 29 heavy (non-hydrogen) atoms. The van der Waals surface area contributed by atoms with E-state index >= 15 is 0 Å². The fraction of sp³-hybridized carbons (Fsp3) is 0.300. The Balaban J connectivity index is 1.98. The normalized spacial score (nSPS) is 10.8. The number of aromatic nitrogens is 2. The summed E-state index contributed by atoms with van der Waals surface area (Å²) in [7, 11) is 0. The number of carboxylic acids is 1. The third-order valence-electron chi connectivity index (χ3n) is 4.24. The second-order valence-electron chi connectivity index (χ2n) is 6.28. The van der Waals surface area contributed by atoms with Gasteiger partial charge < -0.3 is 15.2 Å². The SMILES string of the molecule is CCCc1nc2scc(C(=O)O)c2c(=O)n1CC(=O)Nc1ccccc1OCC. The first-order chi connectivity index (χ1) is 14.0. The van der Waals surface area contributed by atoms with Crippen molar-refractivity contribution in [3.63, 3.8) is 0 Å². The molecule has 9 heteroatoms. The first-order valence-corrected chi connectivity index (χ1v) is 10.1. The molecule has 2 heterocycles. The molecule has 0 aliphatic rings. The Morgan fingerprint density at radius 3 is 2.72 bits per heavy atom. The highest BCUT2D eigenvalue weighted by molar-refractivity contribution is 7.17. The first-order valence-electron chi connectivity index (χ1n) is 9.22. The molecule has 0 saturated heterocycles. The highest BCUT2D eigenvalue weighted by Crippen LogP contribution is 2.24. The Labute approximate surface area is 170 Å². The van der Waals surface area contributed by atoms with Crippen molar-refractivity contribution >= 4 is 39.1 Å². The van der Waals surface area contributed by atoms with Crippen molar-refractivity contribution in [1.82, 2.24) is 9.55 Å². The van der Waals surface area contributed by atoms with Crippen molar-refractivity contribution in [3.05, 3.63) is 51.4 Å². The lowest BCUT2D eigenvalue weighted by Gasteiger charge is -2.14. The number of carboxylic acid groups (broad SMARTS) is 1. The highest BCUT2D eigenvalue weighted by atomic mass is 32.1. The van der Waals surface area contributed by atoms with Gasteiger partial charge in [0.25, 0.3) is 5.56 Å². The standard InChI is InChI=1S/C20H21N3O5S/c1-3-7-15-22-18-17(12(11-29-18)20(26)27)19(25)23(15)10-16(24)21-13-8-5-6-9-14(13)28-4-2/h5-6,8-9,11H,3-4,7,10H2,1-2H3,(H,21,24)(H,26,27). The van der Waals surface area contributed by atoms with E-state index in [1.54, 1.807) is 24.3 Å². The number of rotatable bonds is 8. The molecule has 2 N–H and O–H groups in total. The summed E-state index contributed by atoms with van der Waals surface area (Å²) in [6, 6.07) is 7.02. The Bertz CT molecular complexity index is 1120. The van der Waals surface area contributed by atoms with Crippen LogP contribution in [0.3, 0.4) is 0 Å². The number of hydrogen-bond donors (Lipinski definition) is 2. The van der Waals surface area contributed by atoms with Crippen molar-refractivity contribution in [2.45, 2.75) is 33.2 Å². The molecule has 0 aliphatic carbocycles. The minimum absolute atomic E-state index is 0.0323. The summed E-state index contributed by atoms with van der Waals surface area (Å²) < 4.78 is 6.76. The molecule has 0 unspecified atom stereocenters. The molecule has 0 atom stereocenters. The van der Waals surface area contributed by atoms with Crippen molar-refractivity contribution in [2.75, 3.05) is 11.9 Å². The summed E-state index contributed by atoms with van der Waals surface area (Å²) in [5, 5.41) is 13.5. The lowest BCUT2D eigenvalue weighted by molar-refractivity contribution is -0.116. The van der Waals surface area contributed by atoms with Crippen LogP contribution in [0.5, 0.6) is 5.75 Å². The number of nitrogens with zero attached hydrogens (tertiary/aromatic N) is 2. The molecule has 0 aliphatic heterocycles. The minimum atomic E-state index is -1.19. The quantitative estimate of drug-likeness (QED) is 0.585. The third kappa shape index (κ3) is 4.29. The van der Waals surface area contributed by atoms with Gasteiger partial charge in [0.2, 0.25) is 5.91 Å². The number of fused-ring (bicyclic) bond motifs is 1. The number of ether oxygens (including phenoxy) is 1. The average Bonchev–Trinajstić information content (AvgIpc) is 3.11. The summed E-state index contributed by atoms with van der Waals surface area (Å²) in [6.07, 6.45) is 1.22. The van der Waals surface area contributed by atoms with Gasteiger partial charge >= 0.3 is 5.97 Å². The monoisotopic (exact) mass is 415 g/mol. The summed E-state index contributed by atoms with van der Waals surface area (Å²) >= 11 is 1.11. The van der Waals surface area contributed by atoms with E-state index in [2.05, 4.69) is 10.3 Å². The predicted molar refractivity (Wildman–Crippen MR) is 111 cm³/mol. The van der Waals surface area contributed by atoms with Crippen molar-refractivity contribution in [2.24, 2.45) is 0 Å². The van der Waals surface area contributed by atoms with Gasteiger partial charge in [0.15, 0.2) is 0 Å². The van der Waals surface area contributed by atoms with Gasteiger partial charge in [0.1, 0.15) is 22.9 Å². The van der Waals surface area contributed by atoms with Crippen LogP contribution in [-0.2, 0) is 17.8 Å². The Kier molecular flexibility index (Phi) is 6.28. The topological polar surface area (TPSA) is 111 Å². The highest BCUT2D eigenvalue weighted by Gasteiger charge is 2.20. The van der Waals surface area contributed by atoms with Crippen LogP contribution >= 0.6 is 11.3 Å². The molecule has 3 rings (SSSR count). The van der Waals surface area contributed by atoms with Crippen LogP contribution in [-0.4, -0.2) is 33.1 Å². The maximum absolute atomic E-state index is 13.0. The first kappa shape index (κ1) is 20.5. The van der Waals surface area contributed by atoms with E-state index in [0.29, 0.717) is 35.1 Å². The summed E-state index contributed by atoms with van der Waals surface area (Å²) in [5.41, 5.74) is -0.119. The van der Waals surface area contributed by atoms with Crippen LogP contribution in [0.4, 0.5) is 5.69 Å². The second-order valence-corrected chi connectivity index (χ2v) is 7.14. The number of carbonyl (C=O) groups is 2. The van der Waals surface area contributed by atoms with Crippen LogP contribution in [0.25, 0.3) is 10.2 Å². The van der Waals surface area contributed by atoms with Gasteiger partial charge in [-0.15, -0.1) is 11.3 Å². The number of anilines is 1. The number of hydrogen-bond acceptors (Lipinski definition) is 6. The molecular weight excluding hydrogens is 394 g/mol. The number of aromatic carboxylic acids is 1. The van der Waals surface area contributed by atoms with Gasteiger partial charge in [-0.05, 0) is 25.5 Å². The average molecular weight is 415 g/mol. The number of carbonyl (C=O) groups excluding carboxylic acids is 1. The molecular formula is C20H21N3O5S. The zero-order valence-electron chi connectivity index (χ0n) is 16.1. The summed E-state index contributed by atoms with van der Waals surface area (Å²) in [6.45, 7) is 3.96. The fourth-order valence-electron chi connectivity index (χ4n) is 2.99. The number of aryl methyl sites for hydroxylation is 1. The second kappa shape index (κ2) is 8.87. The van der Waals surface area contributed by atoms with Crippen molar-refractivity contribution in [3.8, 4) is 5.75 Å². The molecule has 2 aromatic heterocycles. The van der Waals surface area contributed by atoms with Crippen molar-refractivity contribution in [1.29, 1.82) is 0 Å². The Morgan fingerprint density at radius 1 is 1.28 bits per heavy atom. The van der Waals surface area contributed by atoms with E-state index in [4.69, 9.17) is 4.74 Å². The van der Waals surface area contributed by atoms with Crippen LogP contribution in [0.2, 0.25) is 0 Å². The zero-order chi connectivity index (χ0) is 21.0. The largest absolute Gasteiger partial charge is 0.492 e. The summed E-state index contributed by atoms with van der Waals surface area (Å²) in [5.74, 6) is -0.633. The van der Waals surface area contributed by atoms with E-state index in [-0.39, 0.29) is 17.5 Å². The van der Waals surface area contributed by atoms with E-state index in [1.165, 1.54) is 9.95 Å². The van der Waals surface area contributed by atoms with E-state index < -0.39 is 17.4 Å². The number of amides is 1. The molecule has 1 amide bonds. The Morgan fingerprint density at radius 2 is 2.03 bits per heavy atom. The van der Waals surface area contributed by atoms with Gasteiger partial charge in [0.05, 0.1) is 23.2 Å². The minimum Gasteiger partial charge on any atom is -0.492 e. The Hall–Kier alpha value is -3.20. The van der Waals surface area contributed by atoms with Crippen LogP contribution in [0.1, 0.15) is 36.5 Å². The fourth-order valence-corrected chi connectivity index (χ4v) is 3.91. The number of nitrogens with one attached hydrogen (secondary N) is 1. The van der Waals surface area contributed by atoms with Crippen LogP contribution in [0.15, 0.2) is 34.4 Å². The lowest BCUT2D eigenvalue weighted by Crippen LogP contribution is -2.31. The third-order valence-corrected chi connectivity index (χ3v) is 5.11. The molecule has 152 valence electrons. The molecule has 1 aromatic carbocycles. The summed E-state index contributed by atoms with van der Waals surface area (Å²) in [4.78, 5) is 42.0. The van der Waals surface area contributed by atoms with Crippen molar-refractivity contribution < 1.29 is 19.4 Å². The number of para-hydroxylation sites is 2. The molecule has 8 nitrogen and oxygen atoms in total. The smallest absolute Gasteiger partial charge is 0.337 e. The number of thiophene rings is 1. The van der Waals surface area contributed by atoms with Gasteiger partial charge in [-0.1, -0.05) is 19.1 Å². The maximum Gasteiger partial charge on any atom is 0.337 e. The predicted octanol–water partition coefficient (Wildman–Crippen LogP) is 3.15. The molecule has 3 aromatic rings. The van der Waals surface area contributed by atoms with Gasteiger partial charge in [-0.2, -0.15) is 0 Å². The molecule has 0 spiro atoms. The van der Waals surface area contributed by atoms with Gasteiger partial charge in [-0.3, -0.25) is 14.2 Å². The zero-order valence-corrected chi connectivity index (χ0v) is 16.9. The van der Waals surface area contributed by atoms with Gasteiger partial charge in [0, 0.05) is 11.8 Å². The molecule has 0 saturated carbocycles. The van der Waals surface area contributed by atoms with E-state index in [1.807, 2.05) is 13.8 Å². The van der Waals surface area contributed by atoms with E-state index in [9.17, 15) is 19.5 Å². The van der Waals surface area contributed by atoms with Crippen LogP contribution in [0, 0.1) is 0 Å².